The fourth-order valence-corrected chi connectivity index (χ4v) is 1.67. The van der Waals surface area contributed by atoms with Gasteiger partial charge in [0.05, 0.1) is 12.6 Å². The predicted molar refractivity (Wildman–Crippen MR) is 64.0 cm³/mol. The molecule has 2 nitrogen and oxygen atoms in total. The van der Waals surface area contributed by atoms with Gasteiger partial charge in [0, 0.05) is 13.1 Å². The highest BCUT2D eigenvalue weighted by Crippen LogP contribution is 2.08. The molecule has 0 heterocycles. The minimum Gasteiger partial charge on any atom is -0.392 e. The number of hydrogen-bond acceptors (Lipinski definition) is 2. The first-order valence-corrected chi connectivity index (χ1v) is 5.84. The Kier molecular flexibility index (Phi) is 6.08. The highest BCUT2D eigenvalue weighted by Gasteiger charge is 2.15. The van der Waals surface area contributed by atoms with E-state index in [0.717, 1.165) is 5.56 Å². The van der Waals surface area contributed by atoms with Gasteiger partial charge in [-0.3, -0.25) is 4.90 Å². The van der Waals surface area contributed by atoms with Gasteiger partial charge in [0.1, 0.15) is 0 Å². The van der Waals surface area contributed by atoms with Gasteiger partial charge >= 0.3 is 0 Å². The summed E-state index contributed by atoms with van der Waals surface area (Å²) in [6.07, 6.45) is -2.34. The molecule has 0 fully saturated rings. The first-order chi connectivity index (χ1) is 8.11. The lowest BCUT2D eigenvalue weighted by atomic mass is 10.2. The molecule has 1 rings (SSSR count). The summed E-state index contributed by atoms with van der Waals surface area (Å²) in [6, 6.07) is 9.45. The average molecular weight is 243 g/mol. The number of halogens is 2. The van der Waals surface area contributed by atoms with Gasteiger partial charge in [0.2, 0.25) is 0 Å². The Labute approximate surface area is 101 Å². The van der Waals surface area contributed by atoms with Crippen LogP contribution in [0.2, 0.25) is 0 Å². The van der Waals surface area contributed by atoms with Gasteiger partial charge in [0.25, 0.3) is 6.43 Å². The normalized spacial score (nSPS) is 13.3. The van der Waals surface area contributed by atoms with Gasteiger partial charge < -0.3 is 5.11 Å². The number of nitrogens with zero attached hydrogens (tertiary/aromatic N) is 1. The molecule has 0 saturated carbocycles. The molecule has 1 unspecified atom stereocenters. The zero-order valence-corrected chi connectivity index (χ0v) is 10.0. The van der Waals surface area contributed by atoms with Crippen LogP contribution in [0.1, 0.15) is 18.9 Å². The van der Waals surface area contributed by atoms with Crippen molar-refractivity contribution >= 4 is 0 Å². The van der Waals surface area contributed by atoms with Crippen LogP contribution in [0.15, 0.2) is 30.3 Å². The Balaban J connectivity index is 2.57. The maximum atomic E-state index is 12.4. The molecule has 0 aliphatic carbocycles. The standard InChI is InChI=1S/C13H19F2NO/c1-2-12(17)9-16(10-13(14)15)8-11-6-4-3-5-7-11/h3-7,12-13,17H,2,8-10H2,1H3. The quantitative estimate of drug-likeness (QED) is 0.795. The van der Waals surface area contributed by atoms with Crippen molar-refractivity contribution < 1.29 is 13.9 Å². The van der Waals surface area contributed by atoms with E-state index >= 15 is 0 Å². The van der Waals surface area contributed by atoms with Gasteiger partial charge in [-0.1, -0.05) is 37.3 Å². The molecule has 4 heteroatoms. The van der Waals surface area contributed by atoms with Crippen LogP contribution in [-0.2, 0) is 6.54 Å². The zero-order chi connectivity index (χ0) is 12.7. The van der Waals surface area contributed by atoms with E-state index in [1.807, 2.05) is 37.3 Å². The van der Waals surface area contributed by atoms with Gasteiger partial charge in [0.15, 0.2) is 0 Å². The van der Waals surface area contributed by atoms with Crippen LogP contribution in [0.4, 0.5) is 8.78 Å². The van der Waals surface area contributed by atoms with Crippen molar-refractivity contribution in [1.82, 2.24) is 4.90 Å². The van der Waals surface area contributed by atoms with Crippen LogP contribution >= 0.6 is 0 Å². The molecule has 0 aliphatic heterocycles. The molecule has 1 aromatic rings. The van der Waals surface area contributed by atoms with Crippen molar-refractivity contribution in [3.8, 4) is 0 Å². The number of alkyl halides is 2. The average Bonchev–Trinajstić information content (AvgIpc) is 2.29. The van der Waals surface area contributed by atoms with E-state index in [1.165, 1.54) is 0 Å². The second-order valence-electron chi connectivity index (χ2n) is 4.13. The molecule has 0 saturated heterocycles. The lowest BCUT2D eigenvalue weighted by Crippen LogP contribution is -2.35. The highest BCUT2D eigenvalue weighted by atomic mass is 19.3. The maximum absolute atomic E-state index is 12.4. The topological polar surface area (TPSA) is 23.5 Å². The Morgan fingerprint density at radius 1 is 1.18 bits per heavy atom. The molecule has 0 amide bonds. The largest absolute Gasteiger partial charge is 0.392 e. The minimum atomic E-state index is -2.37. The molecule has 0 aliphatic rings. The fraction of sp³-hybridized carbons (Fsp3) is 0.538. The SMILES string of the molecule is CCC(O)CN(Cc1ccccc1)CC(F)F. The van der Waals surface area contributed by atoms with Crippen LogP contribution in [0.3, 0.4) is 0 Å². The summed E-state index contributed by atoms with van der Waals surface area (Å²) in [5, 5.41) is 9.53. The fourth-order valence-electron chi connectivity index (χ4n) is 1.67. The van der Waals surface area contributed by atoms with Gasteiger partial charge in [-0.05, 0) is 12.0 Å². The maximum Gasteiger partial charge on any atom is 0.251 e. The summed E-state index contributed by atoms with van der Waals surface area (Å²) in [4.78, 5) is 1.59. The summed E-state index contributed by atoms with van der Waals surface area (Å²) in [5.41, 5.74) is 0.983. The molecular weight excluding hydrogens is 224 g/mol. The van der Waals surface area contributed by atoms with Crippen LogP contribution in [0.25, 0.3) is 0 Å². The molecule has 96 valence electrons. The molecule has 0 radical (unpaired) electrons. The van der Waals surface area contributed by atoms with E-state index in [0.29, 0.717) is 13.0 Å². The second-order valence-corrected chi connectivity index (χ2v) is 4.13. The number of hydrogen-bond donors (Lipinski definition) is 1. The van der Waals surface area contributed by atoms with Crippen LogP contribution in [-0.4, -0.2) is 35.6 Å². The molecular formula is C13H19F2NO. The van der Waals surface area contributed by atoms with Crippen molar-refractivity contribution in [2.75, 3.05) is 13.1 Å². The van der Waals surface area contributed by atoms with Crippen LogP contribution < -0.4 is 0 Å². The van der Waals surface area contributed by atoms with E-state index < -0.39 is 12.5 Å². The smallest absolute Gasteiger partial charge is 0.251 e. The van der Waals surface area contributed by atoms with E-state index in [9.17, 15) is 13.9 Å². The predicted octanol–water partition coefficient (Wildman–Crippen LogP) is 2.52. The van der Waals surface area contributed by atoms with Crippen molar-refractivity contribution in [2.45, 2.75) is 32.4 Å². The second kappa shape index (κ2) is 7.35. The number of aliphatic hydroxyl groups is 1. The molecule has 1 aromatic carbocycles. The van der Waals surface area contributed by atoms with Crippen LogP contribution in [0, 0.1) is 0 Å². The van der Waals surface area contributed by atoms with Crippen molar-refractivity contribution in [2.24, 2.45) is 0 Å². The van der Waals surface area contributed by atoms with Crippen molar-refractivity contribution in [1.29, 1.82) is 0 Å². The highest BCUT2D eigenvalue weighted by molar-refractivity contribution is 5.14. The summed E-state index contributed by atoms with van der Waals surface area (Å²) in [7, 11) is 0. The zero-order valence-electron chi connectivity index (χ0n) is 10.0. The Morgan fingerprint density at radius 2 is 1.82 bits per heavy atom. The lowest BCUT2D eigenvalue weighted by molar-refractivity contribution is 0.0499. The minimum absolute atomic E-state index is 0.287. The third kappa shape index (κ3) is 5.75. The van der Waals surface area contributed by atoms with E-state index in [1.54, 1.807) is 4.90 Å². The van der Waals surface area contributed by atoms with Gasteiger partial charge in [-0.25, -0.2) is 8.78 Å². The first kappa shape index (κ1) is 14.1. The van der Waals surface area contributed by atoms with E-state index in [4.69, 9.17) is 0 Å². The summed E-state index contributed by atoms with van der Waals surface area (Å²) < 4.78 is 24.8. The third-order valence-corrected chi connectivity index (χ3v) is 2.59. The van der Waals surface area contributed by atoms with Crippen molar-refractivity contribution in [3.05, 3.63) is 35.9 Å². The molecule has 0 bridgehead atoms. The Morgan fingerprint density at radius 3 is 2.35 bits per heavy atom. The summed E-state index contributed by atoms with van der Waals surface area (Å²) in [5.74, 6) is 0. The Hall–Kier alpha value is -1.00. The lowest BCUT2D eigenvalue weighted by Gasteiger charge is -2.24. The molecule has 0 spiro atoms. The van der Waals surface area contributed by atoms with E-state index in [-0.39, 0.29) is 13.1 Å². The summed E-state index contributed by atoms with van der Waals surface area (Å²) in [6.45, 7) is 2.28. The molecule has 1 N–H and O–H groups in total. The van der Waals surface area contributed by atoms with Crippen LogP contribution in [0.5, 0.6) is 0 Å². The molecule has 17 heavy (non-hydrogen) atoms. The number of rotatable bonds is 7. The van der Waals surface area contributed by atoms with Crippen molar-refractivity contribution in [3.63, 3.8) is 0 Å². The number of aliphatic hydroxyl groups excluding tert-OH is 1. The molecule has 0 aromatic heterocycles. The van der Waals surface area contributed by atoms with E-state index in [2.05, 4.69) is 0 Å². The third-order valence-electron chi connectivity index (χ3n) is 2.59. The molecule has 1 atom stereocenters. The number of benzene rings is 1. The van der Waals surface area contributed by atoms with Gasteiger partial charge in [-0.2, -0.15) is 0 Å². The van der Waals surface area contributed by atoms with Gasteiger partial charge in [-0.15, -0.1) is 0 Å². The first-order valence-electron chi connectivity index (χ1n) is 5.84. The summed E-state index contributed by atoms with van der Waals surface area (Å²) >= 11 is 0. The Bertz CT molecular complexity index is 306. The monoisotopic (exact) mass is 243 g/mol.